The molecule has 2 N–H and O–H groups in total. The van der Waals surface area contributed by atoms with E-state index in [-0.39, 0.29) is 17.4 Å². The zero-order valence-corrected chi connectivity index (χ0v) is 12.7. The number of carboxylic acid groups (broad SMARTS) is 1. The van der Waals surface area contributed by atoms with Crippen LogP contribution in [0.4, 0.5) is 0 Å². The number of furan rings is 1. The maximum atomic E-state index is 11.4. The molecule has 112 valence electrons. The van der Waals surface area contributed by atoms with Gasteiger partial charge in [0.05, 0.1) is 18.4 Å². The topological polar surface area (TPSA) is 62.5 Å². The second-order valence-electron chi connectivity index (χ2n) is 6.63. The lowest BCUT2D eigenvalue weighted by Crippen LogP contribution is -2.51. The van der Waals surface area contributed by atoms with E-state index < -0.39 is 5.97 Å². The van der Waals surface area contributed by atoms with Crippen LogP contribution in [0, 0.1) is 17.3 Å². The fourth-order valence-corrected chi connectivity index (χ4v) is 3.41. The molecule has 1 aliphatic rings. The van der Waals surface area contributed by atoms with Crippen molar-refractivity contribution in [1.82, 2.24) is 5.32 Å². The number of hydrogen-bond donors (Lipinski definition) is 2. The average molecular weight is 279 g/mol. The van der Waals surface area contributed by atoms with Crippen molar-refractivity contribution in [2.24, 2.45) is 17.3 Å². The van der Waals surface area contributed by atoms with Crippen LogP contribution in [0.25, 0.3) is 0 Å². The molecule has 1 aromatic rings. The number of hydrogen-bond acceptors (Lipinski definition) is 3. The molecular weight excluding hydrogens is 254 g/mol. The molecule has 4 unspecified atom stereocenters. The highest BCUT2D eigenvalue weighted by atomic mass is 16.4. The normalized spacial score (nSPS) is 30.9. The monoisotopic (exact) mass is 279 g/mol. The summed E-state index contributed by atoms with van der Waals surface area (Å²) in [6.45, 7) is 8.43. The molecule has 4 heteroatoms. The van der Waals surface area contributed by atoms with E-state index in [2.05, 4.69) is 33.0 Å². The maximum Gasteiger partial charge on any atom is 0.307 e. The van der Waals surface area contributed by atoms with E-state index in [9.17, 15) is 9.90 Å². The SMILES string of the molecule is CC(NC1CCC(C(=O)O)C(C)(C)C1C)c1ccoc1. The zero-order chi connectivity index (χ0) is 14.9. The minimum Gasteiger partial charge on any atom is -0.481 e. The summed E-state index contributed by atoms with van der Waals surface area (Å²) in [6.07, 6.45) is 5.09. The molecule has 0 saturated heterocycles. The molecular formula is C16H25NO3. The molecule has 0 aromatic carbocycles. The van der Waals surface area contributed by atoms with Crippen LogP contribution in [-0.2, 0) is 4.79 Å². The maximum absolute atomic E-state index is 11.4. The standard InChI is InChI=1S/C16H25NO3/c1-10-14(17-11(2)12-7-8-20-9-12)6-5-13(15(18)19)16(10,3)4/h7-11,13-14,17H,5-6H2,1-4H3,(H,18,19). The van der Waals surface area contributed by atoms with E-state index in [1.54, 1.807) is 12.5 Å². The first-order valence-corrected chi connectivity index (χ1v) is 7.35. The third-order valence-corrected chi connectivity index (χ3v) is 5.25. The first-order chi connectivity index (χ1) is 9.34. The van der Waals surface area contributed by atoms with E-state index in [4.69, 9.17) is 4.42 Å². The Hall–Kier alpha value is -1.29. The highest BCUT2D eigenvalue weighted by molar-refractivity contribution is 5.71. The highest BCUT2D eigenvalue weighted by Crippen LogP contribution is 2.45. The van der Waals surface area contributed by atoms with Crippen LogP contribution >= 0.6 is 0 Å². The first kappa shape index (κ1) is 15.1. The lowest BCUT2D eigenvalue weighted by Gasteiger charge is -2.47. The van der Waals surface area contributed by atoms with Gasteiger partial charge in [0.1, 0.15) is 0 Å². The van der Waals surface area contributed by atoms with Gasteiger partial charge in [-0.1, -0.05) is 20.8 Å². The summed E-state index contributed by atoms with van der Waals surface area (Å²) in [6, 6.07) is 2.53. The molecule has 0 spiro atoms. The van der Waals surface area contributed by atoms with Crippen LogP contribution in [0.2, 0.25) is 0 Å². The Balaban J connectivity index is 2.06. The largest absolute Gasteiger partial charge is 0.481 e. The van der Waals surface area contributed by atoms with Gasteiger partial charge in [0.25, 0.3) is 0 Å². The summed E-state index contributed by atoms with van der Waals surface area (Å²) >= 11 is 0. The van der Waals surface area contributed by atoms with Gasteiger partial charge >= 0.3 is 5.97 Å². The second-order valence-corrected chi connectivity index (χ2v) is 6.63. The van der Waals surface area contributed by atoms with E-state index in [0.29, 0.717) is 12.0 Å². The molecule has 0 radical (unpaired) electrons. The summed E-state index contributed by atoms with van der Waals surface area (Å²) in [4.78, 5) is 11.4. The Labute approximate surface area is 120 Å². The van der Waals surface area contributed by atoms with E-state index >= 15 is 0 Å². The van der Waals surface area contributed by atoms with Crippen LogP contribution in [-0.4, -0.2) is 17.1 Å². The van der Waals surface area contributed by atoms with Crippen LogP contribution in [0.1, 0.15) is 52.1 Å². The second kappa shape index (κ2) is 5.60. The predicted molar refractivity (Wildman–Crippen MR) is 77.4 cm³/mol. The molecule has 0 amide bonds. The summed E-state index contributed by atoms with van der Waals surface area (Å²) in [5.74, 6) is -0.602. The Morgan fingerprint density at radius 3 is 2.75 bits per heavy atom. The van der Waals surface area contributed by atoms with Gasteiger partial charge in [-0.2, -0.15) is 0 Å². The number of carboxylic acids is 1. The molecule has 1 saturated carbocycles. The Bertz CT molecular complexity index is 452. The van der Waals surface area contributed by atoms with E-state index in [1.165, 1.54) is 0 Å². The number of carbonyl (C=O) groups is 1. The van der Waals surface area contributed by atoms with Gasteiger partial charge in [0.2, 0.25) is 0 Å². The third kappa shape index (κ3) is 2.75. The Kier molecular flexibility index (Phi) is 4.23. The first-order valence-electron chi connectivity index (χ1n) is 7.35. The van der Waals surface area contributed by atoms with Crippen LogP contribution < -0.4 is 5.32 Å². The van der Waals surface area contributed by atoms with Gasteiger partial charge in [-0.05, 0) is 37.2 Å². The van der Waals surface area contributed by atoms with Crippen LogP contribution in [0.3, 0.4) is 0 Å². The Morgan fingerprint density at radius 2 is 2.20 bits per heavy atom. The molecule has 1 fully saturated rings. The molecule has 4 nitrogen and oxygen atoms in total. The molecule has 1 aromatic heterocycles. The molecule has 4 atom stereocenters. The average Bonchev–Trinajstić information content (AvgIpc) is 2.88. The van der Waals surface area contributed by atoms with Crippen molar-refractivity contribution in [2.45, 2.75) is 52.6 Å². The van der Waals surface area contributed by atoms with Crippen molar-refractivity contribution in [1.29, 1.82) is 0 Å². The molecule has 1 heterocycles. The fraction of sp³-hybridized carbons (Fsp3) is 0.688. The summed E-state index contributed by atoms with van der Waals surface area (Å²) in [5.41, 5.74) is 0.938. The molecule has 0 aliphatic heterocycles. The van der Waals surface area contributed by atoms with Crippen LogP contribution in [0.5, 0.6) is 0 Å². The van der Waals surface area contributed by atoms with Gasteiger partial charge < -0.3 is 14.8 Å². The van der Waals surface area contributed by atoms with Gasteiger partial charge in [-0.25, -0.2) is 0 Å². The lowest BCUT2D eigenvalue weighted by atomic mass is 9.61. The molecule has 2 rings (SSSR count). The lowest BCUT2D eigenvalue weighted by molar-refractivity contribution is -0.150. The fourth-order valence-electron chi connectivity index (χ4n) is 3.41. The minimum absolute atomic E-state index is 0.197. The number of nitrogens with one attached hydrogen (secondary N) is 1. The number of rotatable bonds is 4. The van der Waals surface area contributed by atoms with Crippen LogP contribution in [0.15, 0.2) is 23.0 Å². The minimum atomic E-state index is -0.664. The quantitative estimate of drug-likeness (QED) is 0.886. The number of aliphatic carboxylic acids is 1. The van der Waals surface area contributed by atoms with Crippen molar-refractivity contribution in [3.63, 3.8) is 0 Å². The van der Waals surface area contributed by atoms with Gasteiger partial charge in [-0.15, -0.1) is 0 Å². The van der Waals surface area contributed by atoms with Crippen molar-refractivity contribution >= 4 is 5.97 Å². The van der Waals surface area contributed by atoms with Gasteiger partial charge in [0, 0.05) is 17.6 Å². The van der Waals surface area contributed by atoms with E-state index in [1.807, 2.05) is 6.07 Å². The predicted octanol–water partition coefficient (Wildman–Crippen LogP) is 3.46. The highest BCUT2D eigenvalue weighted by Gasteiger charge is 2.46. The van der Waals surface area contributed by atoms with Crippen molar-refractivity contribution in [2.75, 3.05) is 0 Å². The van der Waals surface area contributed by atoms with E-state index in [0.717, 1.165) is 18.4 Å². The smallest absolute Gasteiger partial charge is 0.307 e. The third-order valence-electron chi connectivity index (χ3n) is 5.25. The summed E-state index contributed by atoms with van der Waals surface area (Å²) in [5, 5.41) is 13.0. The summed E-state index contributed by atoms with van der Waals surface area (Å²) in [7, 11) is 0. The summed E-state index contributed by atoms with van der Waals surface area (Å²) < 4.78 is 5.12. The Morgan fingerprint density at radius 1 is 1.50 bits per heavy atom. The molecule has 1 aliphatic carbocycles. The molecule has 20 heavy (non-hydrogen) atoms. The zero-order valence-electron chi connectivity index (χ0n) is 12.7. The van der Waals surface area contributed by atoms with Gasteiger partial charge in [-0.3, -0.25) is 4.79 Å². The van der Waals surface area contributed by atoms with Crippen molar-refractivity contribution in [3.05, 3.63) is 24.2 Å². The van der Waals surface area contributed by atoms with Gasteiger partial charge in [0.15, 0.2) is 0 Å². The van der Waals surface area contributed by atoms with Crippen molar-refractivity contribution in [3.8, 4) is 0 Å². The van der Waals surface area contributed by atoms with Crippen molar-refractivity contribution < 1.29 is 14.3 Å². The molecule has 0 bridgehead atoms.